The van der Waals surface area contributed by atoms with Gasteiger partial charge in [0, 0.05) is 11.4 Å². The van der Waals surface area contributed by atoms with Crippen LogP contribution in [0.15, 0.2) is 10.3 Å². The van der Waals surface area contributed by atoms with Crippen molar-refractivity contribution in [1.29, 1.82) is 0 Å². The largest absolute Gasteiger partial charge is 0.391 e. The first-order valence-electron chi connectivity index (χ1n) is 5.11. The number of aliphatic hydroxyl groups excluding tert-OH is 1. The number of aryl methyl sites for hydroxylation is 1. The zero-order valence-electron chi connectivity index (χ0n) is 9.80. The molecule has 1 N–H and O–H groups in total. The first-order chi connectivity index (χ1) is 7.97. The Morgan fingerprint density at radius 3 is 2.65 bits per heavy atom. The van der Waals surface area contributed by atoms with Gasteiger partial charge in [-0.05, 0) is 18.6 Å². The molecule has 0 amide bonds. The van der Waals surface area contributed by atoms with Crippen LogP contribution in [0.5, 0.6) is 0 Å². The molecule has 1 rings (SSSR count). The highest BCUT2D eigenvalue weighted by molar-refractivity contribution is 7.91. The quantitative estimate of drug-likeness (QED) is 0.820. The van der Waals surface area contributed by atoms with Crippen molar-refractivity contribution in [2.45, 2.75) is 24.7 Å². The average molecular weight is 273 g/mol. The van der Waals surface area contributed by atoms with Crippen molar-refractivity contribution in [2.24, 2.45) is 0 Å². The van der Waals surface area contributed by atoms with Crippen LogP contribution in [-0.2, 0) is 16.6 Å². The van der Waals surface area contributed by atoms with E-state index in [0.717, 1.165) is 16.9 Å². The third kappa shape index (κ3) is 2.87. The number of aliphatic hydroxyl groups is 1. The van der Waals surface area contributed by atoms with Gasteiger partial charge in [0.05, 0.1) is 13.2 Å². The number of thiophene rings is 1. The summed E-state index contributed by atoms with van der Waals surface area (Å²) in [7, 11) is -3.53. The fourth-order valence-corrected chi connectivity index (χ4v) is 4.34. The molecule has 0 fully saturated rings. The van der Waals surface area contributed by atoms with Gasteiger partial charge in [-0.2, -0.15) is 4.31 Å². The van der Waals surface area contributed by atoms with Gasteiger partial charge < -0.3 is 5.11 Å². The van der Waals surface area contributed by atoms with Gasteiger partial charge in [0.2, 0.25) is 0 Å². The lowest BCUT2D eigenvalue weighted by molar-refractivity contribution is 0.285. The van der Waals surface area contributed by atoms with E-state index >= 15 is 0 Å². The molecule has 1 heterocycles. The van der Waals surface area contributed by atoms with Crippen LogP contribution in [0.25, 0.3) is 0 Å². The Morgan fingerprint density at radius 2 is 2.24 bits per heavy atom. The third-order valence-electron chi connectivity index (χ3n) is 2.36. The topological polar surface area (TPSA) is 57.6 Å². The fraction of sp³-hybridized carbons (Fsp3) is 0.455. The standard InChI is InChI=1S/C11H15NO3S2/c1-4-6-12(5-2)17(14,15)11-7-9(3)10(8-13)16-11/h1,7,13H,5-6,8H2,2-3H3. The SMILES string of the molecule is C#CCN(CC)S(=O)(=O)c1cc(C)c(CO)s1. The highest BCUT2D eigenvalue weighted by Gasteiger charge is 2.25. The molecule has 0 bridgehead atoms. The van der Waals surface area contributed by atoms with E-state index in [9.17, 15) is 8.42 Å². The van der Waals surface area contributed by atoms with E-state index in [1.807, 2.05) is 0 Å². The molecule has 0 aromatic carbocycles. The number of terminal acetylenes is 1. The molecule has 0 saturated heterocycles. The third-order valence-corrected chi connectivity index (χ3v) is 5.95. The normalized spacial score (nSPS) is 11.7. The second-order valence-electron chi connectivity index (χ2n) is 3.47. The minimum atomic E-state index is -3.53. The number of sulfonamides is 1. The van der Waals surface area contributed by atoms with Gasteiger partial charge in [-0.25, -0.2) is 8.42 Å². The van der Waals surface area contributed by atoms with Crippen LogP contribution >= 0.6 is 11.3 Å². The molecule has 4 nitrogen and oxygen atoms in total. The Hall–Kier alpha value is -0.870. The molecule has 0 radical (unpaired) electrons. The maximum atomic E-state index is 12.2. The predicted molar refractivity (Wildman–Crippen MR) is 68.2 cm³/mol. The van der Waals surface area contributed by atoms with Crippen LogP contribution in [0.1, 0.15) is 17.4 Å². The van der Waals surface area contributed by atoms with Crippen LogP contribution in [0, 0.1) is 19.3 Å². The van der Waals surface area contributed by atoms with Gasteiger partial charge in [-0.15, -0.1) is 17.8 Å². The molecule has 0 spiro atoms. The van der Waals surface area contributed by atoms with Crippen LogP contribution in [0.4, 0.5) is 0 Å². The molecule has 17 heavy (non-hydrogen) atoms. The summed E-state index contributed by atoms with van der Waals surface area (Å²) in [5, 5.41) is 9.07. The minimum Gasteiger partial charge on any atom is -0.391 e. The Bertz CT molecular complexity index is 525. The van der Waals surface area contributed by atoms with Gasteiger partial charge in [0.15, 0.2) is 0 Å². The Kier molecular flexibility index (Phi) is 4.71. The lowest BCUT2D eigenvalue weighted by Crippen LogP contribution is -2.30. The first kappa shape index (κ1) is 14.2. The zero-order chi connectivity index (χ0) is 13.1. The van der Waals surface area contributed by atoms with Crippen molar-refractivity contribution < 1.29 is 13.5 Å². The van der Waals surface area contributed by atoms with Crippen molar-refractivity contribution >= 4 is 21.4 Å². The summed E-state index contributed by atoms with van der Waals surface area (Å²) in [5.41, 5.74) is 0.785. The maximum absolute atomic E-state index is 12.2. The highest BCUT2D eigenvalue weighted by atomic mass is 32.2. The lowest BCUT2D eigenvalue weighted by Gasteiger charge is -2.16. The van der Waals surface area contributed by atoms with Gasteiger partial charge in [-0.3, -0.25) is 0 Å². The van der Waals surface area contributed by atoms with E-state index in [-0.39, 0.29) is 17.4 Å². The summed E-state index contributed by atoms with van der Waals surface area (Å²) in [4.78, 5) is 0.667. The smallest absolute Gasteiger partial charge is 0.253 e. The summed E-state index contributed by atoms with van der Waals surface area (Å²) < 4.78 is 25.9. The monoisotopic (exact) mass is 273 g/mol. The Labute approximate surface area is 106 Å². The van der Waals surface area contributed by atoms with Crippen molar-refractivity contribution in [3.63, 3.8) is 0 Å². The molecular formula is C11H15NO3S2. The first-order valence-corrected chi connectivity index (χ1v) is 7.36. The summed E-state index contributed by atoms with van der Waals surface area (Å²) in [5.74, 6) is 2.33. The van der Waals surface area contributed by atoms with Crippen LogP contribution in [0.2, 0.25) is 0 Å². The second-order valence-corrected chi connectivity index (χ2v) is 6.77. The molecule has 0 atom stereocenters. The molecule has 1 aromatic rings. The van der Waals surface area contributed by atoms with E-state index in [2.05, 4.69) is 5.92 Å². The van der Waals surface area contributed by atoms with Crippen molar-refractivity contribution in [1.82, 2.24) is 4.31 Å². The summed E-state index contributed by atoms with van der Waals surface area (Å²) in [6.45, 7) is 3.76. The van der Waals surface area contributed by atoms with Crippen molar-refractivity contribution in [3.05, 3.63) is 16.5 Å². The van der Waals surface area contributed by atoms with Crippen LogP contribution < -0.4 is 0 Å². The minimum absolute atomic E-state index is 0.0598. The maximum Gasteiger partial charge on any atom is 0.253 e. The lowest BCUT2D eigenvalue weighted by atomic mass is 10.3. The molecule has 0 unspecified atom stereocenters. The predicted octanol–water partition coefficient (Wildman–Crippen LogP) is 1.19. The van der Waals surface area contributed by atoms with E-state index < -0.39 is 10.0 Å². The summed E-state index contributed by atoms with van der Waals surface area (Å²) in [6.07, 6.45) is 5.15. The average Bonchev–Trinajstić information content (AvgIpc) is 2.67. The number of hydrogen-bond donors (Lipinski definition) is 1. The van der Waals surface area contributed by atoms with Gasteiger partial charge >= 0.3 is 0 Å². The highest BCUT2D eigenvalue weighted by Crippen LogP contribution is 2.28. The number of hydrogen-bond acceptors (Lipinski definition) is 4. The van der Waals surface area contributed by atoms with Crippen molar-refractivity contribution in [3.8, 4) is 12.3 Å². The van der Waals surface area contributed by atoms with Crippen molar-refractivity contribution in [2.75, 3.05) is 13.1 Å². The van der Waals surface area contributed by atoms with Crippen LogP contribution in [0.3, 0.4) is 0 Å². The number of nitrogens with zero attached hydrogens (tertiary/aromatic N) is 1. The van der Waals surface area contributed by atoms with E-state index in [4.69, 9.17) is 11.5 Å². The van der Waals surface area contributed by atoms with Gasteiger partial charge in [0.25, 0.3) is 10.0 Å². The summed E-state index contributed by atoms with van der Waals surface area (Å²) >= 11 is 1.09. The van der Waals surface area contributed by atoms with E-state index in [0.29, 0.717) is 11.4 Å². The molecule has 94 valence electrons. The Balaban J connectivity index is 3.16. The van der Waals surface area contributed by atoms with Gasteiger partial charge in [0.1, 0.15) is 4.21 Å². The Morgan fingerprint density at radius 1 is 1.59 bits per heavy atom. The summed E-state index contributed by atoms with van der Waals surface area (Å²) in [6, 6.07) is 1.57. The number of rotatable bonds is 5. The molecule has 6 heteroatoms. The molecular weight excluding hydrogens is 258 g/mol. The van der Waals surface area contributed by atoms with E-state index in [1.54, 1.807) is 19.9 Å². The fourth-order valence-electron chi connectivity index (χ4n) is 1.37. The second kappa shape index (κ2) is 5.65. The molecule has 0 saturated carbocycles. The molecule has 0 aliphatic rings. The zero-order valence-corrected chi connectivity index (χ0v) is 11.4. The molecule has 0 aliphatic heterocycles. The molecule has 1 aromatic heterocycles. The van der Waals surface area contributed by atoms with Gasteiger partial charge in [-0.1, -0.05) is 12.8 Å². The van der Waals surface area contributed by atoms with Crippen LogP contribution in [-0.4, -0.2) is 30.9 Å². The molecule has 0 aliphatic carbocycles. The van der Waals surface area contributed by atoms with E-state index in [1.165, 1.54) is 4.31 Å².